The first kappa shape index (κ1) is 16.3. The molecule has 0 N–H and O–H groups in total. The highest BCUT2D eigenvalue weighted by Crippen LogP contribution is 2.34. The van der Waals surface area contributed by atoms with E-state index in [4.69, 9.17) is 4.74 Å². The Morgan fingerprint density at radius 2 is 1.71 bits per heavy atom. The van der Waals surface area contributed by atoms with Gasteiger partial charge in [-0.25, -0.2) is 22.0 Å². The summed E-state index contributed by atoms with van der Waals surface area (Å²) in [5, 5.41) is 0. The molecule has 0 saturated heterocycles. The van der Waals surface area contributed by atoms with Gasteiger partial charge in [-0.1, -0.05) is 12.1 Å². The molecule has 2 aromatic carbocycles. The molecular weight excluding hydrogens is 338 g/mol. The standard InChI is InChI=1S/C17H12F2O4S/c1-24(21,22)12-5-2-10(3-6-12)14-9-23-17(20)16(14)13-7-4-11(18)8-15(13)19/h2-8H,9H2,1H3. The van der Waals surface area contributed by atoms with Gasteiger partial charge in [0.1, 0.15) is 18.2 Å². The summed E-state index contributed by atoms with van der Waals surface area (Å²) in [5.74, 6) is -2.32. The number of carbonyl (C=O) groups is 1. The van der Waals surface area contributed by atoms with Gasteiger partial charge >= 0.3 is 5.97 Å². The Morgan fingerprint density at radius 1 is 1.04 bits per heavy atom. The molecule has 0 aromatic heterocycles. The smallest absolute Gasteiger partial charge is 0.339 e. The number of rotatable bonds is 3. The van der Waals surface area contributed by atoms with Gasteiger partial charge in [-0.3, -0.25) is 0 Å². The van der Waals surface area contributed by atoms with Crippen molar-refractivity contribution in [1.82, 2.24) is 0 Å². The summed E-state index contributed by atoms with van der Waals surface area (Å²) in [5.41, 5.74) is 0.915. The average molecular weight is 350 g/mol. The molecule has 0 atom stereocenters. The van der Waals surface area contributed by atoms with Crippen LogP contribution in [-0.4, -0.2) is 27.2 Å². The zero-order valence-corrected chi connectivity index (χ0v) is 13.4. The van der Waals surface area contributed by atoms with Gasteiger partial charge in [-0.15, -0.1) is 0 Å². The third-order valence-electron chi connectivity index (χ3n) is 3.68. The van der Waals surface area contributed by atoms with E-state index in [1.807, 2.05) is 0 Å². The molecular formula is C17H12F2O4S. The molecule has 1 heterocycles. The molecule has 0 aliphatic carbocycles. The van der Waals surface area contributed by atoms with Crippen LogP contribution in [0.15, 0.2) is 47.4 Å². The maximum atomic E-state index is 14.0. The van der Waals surface area contributed by atoms with Crippen molar-refractivity contribution in [2.24, 2.45) is 0 Å². The van der Waals surface area contributed by atoms with Crippen molar-refractivity contribution in [1.29, 1.82) is 0 Å². The van der Waals surface area contributed by atoms with Crippen molar-refractivity contribution in [3.05, 3.63) is 65.2 Å². The number of benzene rings is 2. The Labute approximate surface area is 137 Å². The van der Waals surface area contributed by atoms with E-state index in [2.05, 4.69) is 0 Å². The highest BCUT2D eigenvalue weighted by atomic mass is 32.2. The van der Waals surface area contributed by atoms with Crippen molar-refractivity contribution in [3.8, 4) is 0 Å². The van der Waals surface area contributed by atoms with E-state index in [0.717, 1.165) is 12.3 Å². The van der Waals surface area contributed by atoms with Crippen LogP contribution in [-0.2, 0) is 19.4 Å². The number of hydrogen-bond donors (Lipinski definition) is 0. The fourth-order valence-electron chi connectivity index (χ4n) is 2.50. The zero-order chi connectivity index (χ0) is 17.5. The van der Waals surface area contributed by atoms with E-state index < -0.39 is 27.4 Å². The predicted molar refractivity (Wildman–Crippen MR) is 83.7 cm³/mol. The van der Waals surface area contributed by atoms with Crippen LogP contribution < -0.4 is 0 Å². The Bertz CT molecular complexity index is 961. The Morgan fingerprint density at radius 3 is 2.29 bits per heavy atom. The van der Waals surface area contributed by atoms with Crippen LogP contribution in [0.4, 0.5) is 8.78 Å². The summed E-state index contributed by atoms with van der Waals surface area (Å²) in [4.78, 5) is 12.1. The second-order valence-electron chi connectivity index (χ2n) is 5.35. The van der Waals surface area contributed by atoms with Crippen LogP contribution in [0.2, 0.25) is 0 Å². The molecule has 0 bridgehead atoms. The molecule has 124 valence electrons. The summed E-state index contributed by atoms with van der Waals surface area (Å²) >= 11 is 0. The third-order valence-corrected chi connectivity index (χ3v) is 4.81. The van der Waals surface area contributed by atoms with Crippen LogP contribution in [0.25, 0.3) is 11.1 Å². The largest absolute Gasteiger partial charge is 0.457 e. The lowest BCUT2D eigenvalue weighted by Gasteiger charge is -2.07. The van der Waals surface area contributed by atoms with E-state index in [1.54, 1.807) is 0 Å². The molecule has 0 fully saturated rings. The van der Waals surface area contributed by atoms with E-state index in [9.17, 15) is 22.0 Å². The lowest BCUT2D eigenvalue weighted by atomic mass is 9.96. The molecule has 24 heavy (non-hydrogen) atoms. The average Bonchev–Trinajstić information content (AvgIpc) is 2.88. The highest BCUT2D eigenvalue weighted by Gasteiger charge is 2.29. The van der Waals surface area contributed by atoms with E-state index in [1.165, 1.54) is 30.3 Å². The number of sulfone groups is 1. The van der Waals surface area contributed by atoms with Crippen molar-refractivity contribution in [2.75, 3.05) is 12.9 Å². The molecule has 7 heteroatoms. The maximum Gasteiger partial charge on any atom is 0.339 e. The summed E-state index contributed by atoms with van der Waals surface area (Å²) in [6.45, 7) is -0.0663. The second kappa shape index (κ2) is 5.83. The Hall–Kier alpha value is -2.54. The van der Waals surface area contributed by atoms with Gasteiger partial charge in [0, 0.05) is 23.5 Å². The van der Waals surface area contributed by atoms with E-state index in [0.29, 0.717) is 17.2 Å². The molecule has 0 unspecified atom stereocenters. The number of esters is 1. The van der Waals surface area contributed by atoms with Gasteiger partial charge in [0.15, 0.2) is 9.84 Å². The van der Waals surface area contributed by atoms with Crippen molar-refractivity contribution >= 4 is 27.0 Å². The van der Waals surface area contributed by atoms with Crippen molar-refractivity contribution < 1.29 is 26.7 Å². The zero-order valence-electron chi connectivity index (χ0n) is 12.5. The maximum absolute atomic E-state index is 14.0. The fourth-order valence-corrected chi connectivity index (χ4v) is 3.13. The number of hydrogen-bond acceptors (Lipinski definition) is 4. The van der Waals surface area contributed by atoms with E-state index in [-0.39, 0.29) is 22.6 Å². The Balaban J connectivity index is 2.13. The number of halogens is 2. The minimum Gasteiger partial charge on any atom is -0.457 e. The summed E-state index contributed by atoms with van der Waals surface area (Å²) in [6.07, 6.45) is 1.09. The van der Waals surface area contributed by atoms with Crippen molar-refractivity contribution in [3.63, 3.8) is 0 Å². The molecule has 2 aromatic rings. The first-order chi connectivity index (χ1) is 11.3. The van der Waals surface area contributed by atoms with Crippen LogP contribution in [0, 0.1) is 11.6 Å². The van der Waals surface area contributed by atoms with Gasteiger partial charge in [0.05, 0.1) is 10.5 Å². The van der Waals surface area contributed by atoms with E-state index >= 15 is 0 Å². The van der Waals surface area contributed by atoms with Crippen molar-refractivity contribution in [2.45, 2.75) is 4.90 Å². The van der Waals surface area contributed by atoms with Gasteiger partial charge in [0.25, 0.3) is 0 Å². The summed E-state index contributed by atoms with van der Waals surface area (Å²) in [7, 11) is -3.35. The topological polar surface area (TPSA) is 60.4 Å². The quantitative estimate of drug-likeness (QED) is 0.799. The molecule has 0 saturated carbocycles. The predicted octanol–water partition coefficient (Wildman–Crippen LogP) is 2.84. The number of ether oxygens (including phenoxy) is 1. The second-order valence-corrected chi connectivity index (χ2v) is 7.37. The Kier molecular flexibility index (Phi) is 3.96. The molecule has 1 aliphatic rings. The molecule has 4 nitrogen and oxygen atoms in total. The van der Waals surface area contributed by atoms with Gasteiger partial charge in [-0.05, 0) is 29.8 Å². The molecule has 3 rings (SSSR count). The lowest BCUT2D eigenvalue weighted by Crippen LogP contribution is -2.01. The van der Waals surface area contributed by atoms with Crippen LogP contribution in [0.3, 0.4) is 0 Å². The lowest BCUT2D eigenvalue weighted by molar-refractivity contribution is -0.133. The summed E-state index contributed by atoms with van der Waals surface area (Å²) in [6, 6.07) is 8.78. The third kappa shape index (κ3) is 2.94. The van der Waals surface area contributed by atoms with Gasteiger partial charge < -0.3 is 4.74 Å². The fraction of sp³-hybridized carbons (Fsp3) is 0.118. The number of cyclic esters (lactones) is 1. The van der Waals surface area contributed by atoms with Crippen LogP contribution in [0.1, 0.15) is 11.1 Å². The normalized spacial score (nSPS) is 14.9. The van der Waals surface area contributed by atoms with Crippen LogP contribution in [0.5, 0.6) is 0 Å². The minimum absolute atomic E-state index is 0.0135. The SMILES string of the molecule is CS(=O)(=O)c1ccc(C2=C(c3ccc(F)cc3F)C(=O)OC2)cc1. The molecule has 0 spiro atoms. The monoisotopic (exact) mass is 350 g/mol. The highest BCUT2D eigenvalue weighted by molar-refractivity contribution is 7.90. The first-order valence-electron chi connectivity index (χ1n) is 6.93. The molecule has 1 aliphatic heterocycles. The summed E-state index contributed by atoms with van der Waals surface area (Å²) < 4.78 is 55.1. The molecule has 0 amide bonds. The minimum atomic E-state index is -3.35. The van der Waals surface area contributed by atoms with Gasteiger partial charge in [0.2, 0.25) is 0 Å². The molecule has 0 radical (unpaired) electrons. The van der Waals surface area contributed by atoms with Crippen LogP contribution >= 0.6 is 0 Å². The van der Waals surface area contributed by atoms with Gasteiger partial charge in [-0.2, -0.15) is 0 Å². The number of carbonyl (C=O) groups excluding carboxylic acids is 1. The first-order valence-corrected chi connectivity index (χ1v) is 8.82.